The number of carbonyl (C=O) groups is 2. The number of imide groups is 1. The van der Waals surface area contributed by atoms with Crippen molar-refractivity contribution in [3.63, 3.8) is 0 Å². The van der Waals surface area contributed by atoms with Crippen LogP contribution in [0.3, 0.4) is 0 Å². The minimum atomic E-state index is -3.96. The summed E-state index contributed by atoms with van der Waals surface area (Å²) >= 11 is 0. The Labute approximate surface area is 302 Å². The Balaban J connectivity index is 2.05. The molecule has 0 aliphatic carbocycles. The van der Waals surface area contributed by atoms with Crippen LogP contribution in [0.2, 0.25) is 0 Å². The molecule has 0 fully saturated rings. The molecule has 0 aromatic heterocycles. The predicted molar refractivity (Wildman–Crippen MR) is 205 cm³/mol. The number of carbonyl (C=O) groups excluding carboxylic acids is 2. The standard InChI is InChI=1S/C41H62N4O4S/c1-7-13-21-32(10-4)29-44(30-33(11-5)22-14-8-2)50(48,49)38-27-20-19-26-37(38)42-43-40-36(35-24-17-16-18-25-35)28-39(46)45(41(40)47)31-34(12-6)23-15-9-3/h16-20,24-28,32-34,40H,7-15,21-23,29-31H2,1-6H3/b43-42+. The molecule has 276 valence electrons. The number of sulfonamides is 1. The molecule has 0 spiro atoms. The molecule has 2 amide bonds. The molecular formula is C41H62N4O4S. The third kappa shape index (κ3) is 11.4. The van der Waals surface area contributed by atoms with Gasteiger partial charge in [-0.25, -0.2) is 8.42 Å². The summed E-state index contributed by atoms with van der Waals surface area (Å²) in [5.74, 6) is -0.0734. The minimum absolute atomic E-state index is 0.0893. The van der Waals surface area contributed by atoms with Crippen LogP contribution in [0.5, 0.6) is 0 Å². The van der Waals surface area contributed by atoms with Crippen molar-refractivity contribution in [3.05, 3.63) is 66.2 Å². The van der Waals surface area contributed by atoms with Gasteiger partial charge in [-0.3, -0.25) is 14.5 Å². The Morgan fingerprint density at radius 3 is 1.78 bits per heavy atom. The molecule has 2 aromatic carbocycles. The van der Waals surface area contributed by atoms with E-state index in [4.69, 9.17) is 0 Å². The van der Waals surface area contributed by atoms with Gasteiger partial charge in [-0.05, 0) is 54.7 Å². The lowest BCUT2D eigenvalue weighted by atomic mass is 9.92. The maximum absolute atomic E-state index is 14.6. The largest absolute Gasteiger partial charge is 0.276 e. The van der Waals surface area contributed by atoms with Gasteiger partial charge >= 0.3 is 0 Å². The number of nitrogens with zero attached hydrogens (tertiary/aromatic N) is 4. The van der Waals surface area contributed by atoms with E-state index in [1.807, 2.05) is 30.3 Å². The molecule has 3 rings (SSSR count). The Bertz CT molecular complexity index is 1490. The molecule has 0 saturated heterocycles. The Morgan fingerprint density at radius 1 is 0.720 bits per heavy atom. The average Bonchev–Trinajstić information content (AvgIpc) is 3.13. The smallest absolute Gasteiger partial charge is 0.260 e. The van der Waals surface area contributed by atoms with Gasteiger partial charge in [-0.1, -0.05) is 142 Å². The second-order valence-corrected chi connectivity index (χ2v) is 15.8. The van der Waals surface area contributed by atoms with Crippen LogP contribution in [0.25, 0.3) is 5.57 Å². The fourth-order valence-electron chi connectivity index (χ4n) is 6.72. The highest BCUT2D eigenvalue weighted by Gasteiger charge is 2.38. The monoisotopic (exact) mass is 706 g/mol. The van der Waals surface area contributed by atoms with Crippen molar-refractivity contribution >= 4 is 33.1 Å². The minimum Gasteiger partial charge on any atom is -0.276 e. The summed E-state index contributed by atoms with van der Waals surface area (Å²) in [7, 11) is -3.96. The first-order valence-electron chi connectivity index (χ1n) is 19.3. The molecule has 50 heavy (non-hydrogen) atoms. The van der Waals surface area contributed by atoms with Gasteiger partial charge in [-0.15, -0.1) is 0 Å². The van der Waals surface area contributed by atoms with E-state index < -0.39 is 22.0 Å². The van der Waals surface area contributed by atoms with E-state index in [0.717, 1.165) is 77.0 Å². The molecule has 1 aliphatic heterocycles. The van der Waals surface area contributed by atoms with Crippen LogP contribution < -0.4 is 0 Å². The van der Waals surface area contributed by atoms with Gasteiger partial charge in [0.25, 0.3) is 11.8 Å². The van der Waals surface area contributed by atoms with Crippen molar-refractivity contribution in [2.24, 2.45) is 28.0 Å². The predicted octanol–water partition coefficient (Wildman–Crippen LogP) is 10.2. The molecule has 2 aromatic rings. The summed E-state index contributed by atoms with van der Waals surface area (Å²) in [6, 6.07) is 14.9. The number of hydrogen-bond acceptors (Lipinski definition) is 6. The molecule has 0 radical (unpaired) electrons. The number of amides is 2. The van der Waals surface area contributed by atoms with E-state index in [1.165, 1.54) is 11.0 Å². The van der Waals surface area contributed by atoms with Crippen LogP contribution in [0.1, 0.15) is 124 Å². The summed E-state index contributed by atoms with van der Waals surface area (Å²) in [5.41, 5.74) is 1.37. The van der Waals surface area contributed by atoms with Crippen LogP contribution >= 0.6 is 0 Å². The fraction of sp³-hybridized carbons (Fsp3) is 0.610. The first-order chi connectivity index (χ1) is 24.1. The van der Waals surface area contributed by atoms with Crippen molar-refractivity contribution in [3.8, 4) is 0 Å². The molecule has 0 N–H and O–H groups in total. The van der Waals surface area contributed by atoms with E-state index in [1.54, 1.807) is 28.6 Å². The normalized spacial score (nSPS) is 17.4. The maximum atomic E-state index is 14.6. The number of azo groups is 1. The van der Waals surface area contributed by atoms with Crippen molar-refractivity contribution in [1.29, 1.82) is 0 Å². The van der Waals surface area contributed by atoms with Gasteiger partial charge < -0.3 is 0 Å². The van der Waals surface area contributed by atoms with Crippen LogP contribution in [-0.2, 0) is 19.6 Å². The fourth-order valence-corrected chi connectivity index (χ4v) is 8.43. The topological polar surface area (TPSA) is 99.5 Å². The van der Waals surface area contributed by atoms with E-state index >= 15 is 0 Å². The van der Waals surface area contributed by atoms with Gasteiger partial charge in [0.2, 0.25) is 10.0 Å². The zero-order valence-electron chi connectivity index (χ0n) is 31.5. The van der Waals surface area contributed by atoms with Gasteiger partial charge in [0.15, 0.2) is 6.04 Å². The number of rotatable bonds is 23. The zero-order valence-corrected chi connectivity index (χ0v) is 32.3. The van der Waals surface area contributed by atoms with Crippen molar-refractivity contribution in [2.45, 2.75) is 130 Å². The summed E-state index contributed by atoms with van der Waals surface area (Å²) in [6.07, 6.45) is 13.4. The lowest BCUT2D eigenvalue weighted by molar-refractivity contribution is -0.143. The van der Waals surface area contributed by atoms with Crippen LogP contribution in [0.15, 0.2) is 75.8 Å². The number of hydrogen-bond donors (Lipinski definition) is 0. The third-order valence-corrected chi connectivity index (χ3v) is 12.1. The van der Waals surface area contributed by atoms with Gasteiger partial charge in [0, 0.05) is 31.3 Å². The summed E-state index contributed by atoms with van der Waals surface area (Å²) in [4.78, 5) is 28.9. The Kier molecular flexibility index (Phi) is 17.5. The van der Waals surface area contributed by atoms with Crippen molar-refractivity contribution in [2.75, 3.05) is 19.6 Å². The van der Waals surface area contributed by atoms with Crippen LogP contribution in [-0.4, -0.2) is 55.1 Å². The van der Waals surface area contributed by atoms with Crippen LogP contribution in [0, 0.1) is 17.8 Å². The summed E-state index contributed by atoms with van der Waals surface area (Å²) in [5, 5.41) is 9.10. The Morgan fingerprint density at radius 2 is 1.24 bits per heavy atom. The zero-order chi connectivity index (χ0) is 36.5. The van der Waals surface area contributed by atoms with Gasteiger partial charge in [0.05, 0.1) is 0 Å². The third-order valence-electron chi connectivity index (χ3n) is 10.2. The van der Waals surface area contributed by atoms with E-state index in [2.05, 4.69) is 51.8 Å². The highest BCUT2D eigenvalue weighted by Crippen LogP contribution is 2.33. The summed E-state index contributed by atoms with van der Waals surface area (Å²) < 4.78 is 31.0. The first kappa shape index (κ1) is 41.3. The van der Waals surface area contributed by atoms with Gasteiger partial charge in [-0.2, -0.15) is 14.5 Å². The Hall–Kier alpha value is -3.17. The first-order valence-corrected chi connectivity index (χ1v) is 20.7. The second kappa shape index (κ2) is 21.3. The molecule has 1 aliphatic rings. The van der Waals surface area contributed by atoms with E-state index in [-0.39, 0.29) is 34.2 Å². The van der Waals surface area contributed by atoms with E-state index in [0.29, 0.717) is 30.8 Å². The lowest BCUT2D eigenvalue weighted by Gasteiger charge is -2.31. The maximum Gasteiger partial charge on any atom is 0.260 e. The molecule has 0 saturated carbocycles. The SMILES string of the molecule is CCCCC(CC)CN1C(=O)C=C(c2ccccc2)C(/N=N/c2ccccc2S(=O)(=O)N(CC(CC)CCCC)CC(CC)CCCC)C1=O. The number of unbranched alkanes of at least 4 members (excludes halogenated alkanes) is 3. The molecular weight excluding hydrogens is 645 g/mol. The molecule has 9 heteroatoms. The molecule has 4 unspecified atom stereocenters. The quantitative estimate of drug-likeness (QED) is 0.0848. The van der Waals surface area contributed by atoms with E-state index in [9.17, 15) is 18.0 Å². The molecule has 8 nitrogen and oxygen atoms in total. The number of benzene rings is 2. The molecule has 4 atom stereocenters. The average molecular weight is 707 g/mol. The highest BCUT2D eigenvalue weighted by atomic mass is 32.2. The second-order valence-electron chi connectivity index (χ2n) is 13.9. The summed E-state index contributed by atoms with van der Waals surface area (Å²) in [6.45, 7) is 14.1. The van der Waals surface area contributed by atoms with Gasteiger partial charge in [0.1, 0.15) is 10.6 Å². The van der Waals surface area contributed by atoms with Crippen LogP contribution in [0.4, 0.5) is 5.69 Å². The van der Waals surface area contributed by atoms with Crippen molar-refractivity contribution in [1.82, 2.24) is 9.21 Å². The lowest BCUT2D eigenvalue weighted by Crippen LogP contribution is -2.47. The highest BCUT2D eigenvalue weighted by molar-refractivity contribution is 7.89. The molecule has 0 bridgehead atoms. The van der Waals surface area contributed by atoms with Crippen molar-refractivity contribution < 1.29 is 18.0 Å². The molecule has 1 heterocycles.